The zero-order valence-corrected chi connectivity index (χ0v) is 7.63. The summed E-state index contributed by atoms with van der Waals surface area (Å²) in [6, 6.07) is 1.84. The number of rotatable bonds is 3. The van der Waals surface area contributed by atoms with E-state index in [2.05, 4.69) is 6.58 Å². The molecule has 0 amide bonds. The molecule has 0 heterocycles. The third kappa shape index (κ3) is 2.09. The second-order valence-electron chi connectivity index (χ2n) is 3.03. The van der Waals surface area contributed by atoms with Crippen LogP contribution >= 0.6 is 0 Å². The predicted molar refractivity (Wildman–Crippen MR) is 52.5 cm³/mol. The molecule has 0 saturated heterocycles. The largest absolute Gasteiger partial charge is 0.394 e. The summed E-state index contributed by atoms with van der Waals surface area (Å²) >= 11 is 0. The van der Waals surface area contributed by atoms with E-state index in [0.717, 1.165) is 12.1 Å². The molecule has 4 N–H and O–H groups in total. The summed E-state index contributed by atoms with van der Waals surface area (Å²) in [6.07, 6.45) is 2.06. The van der Waals surface area contributed by atoms with Crippen molar-refractivity contribution >= 4 is 5.69 Å². The molecule has 1 aromatic carbocycles. The number of nitrogens with two attached hydrogens (primary N) is 2. The van der Waals surface area contributed by atoms with E-state index in [1.54, 1.807) is 6.08 Å². The lowest BCUT2D eigenvalue weighted by Gasteiger charge is -2.10. The Hall–Kier alpha value is -1.42. The van der Waals surface area contributed by atoms with Crippen LogP contribution in [-0.2, 0) is 0 Å². The molecular weight excluding hydrogens is 186 g/mol. The normalized spacial score (nSPS) is 12.5. The van der Waals surface area contributed by atoms with Crippen LogP contribution in [0.15, 0.2) is 24.8 Å². The molecule has 0 aromatic heterocycles. The van der Waals surface area contributed by atoms with Gasteiger partial charge in [-0.15, -0.1) is 6.58 Å². The number of nitrogen functional groups attached to an aromatic ring is 1. The Morgan fingerprint density at radius 3 is 2.29 bits per heavy atom. The van der Waals surface area contributed by atoms with Crippen molar-refractivity contribution in [1.29, 1.82) is 0 Å². The fraction of sp³-hybridized carbons (Fsp3) is 0.200. The van der Waals surface area contributed by atoms with Crippen molar-refractivity contribution in [2.75, 3.05) is 5.73 Å². The number of anilines is 1. The summed E-state index contributed by atoms with van der Waals surface area (Å²) < 4.78 is 26.0. The summed E-state index contributed by atoms with van der Waals surface area (Å²) in [5, 5.41) is 0. The summed E-state index contributed by atoms with van der Waals surface area (Å²) in [7, 11) is 0. The summed E-state index contributed by atoms with van der Waals surface area (Å²) in [4.78, 5) is 0. The summed E-state index contributed by atoms with van der Waals surface area (Å²) in [5.74, 6) is -1.56. The fourth-order valence-corrected chi connectivity index (χ4v) is 1.13. The Labute approximate surface area is 81.2 Å². The monoisotopic (exact) mass is 198 g/mol. The van der Waals surface area contributed by atoms with E-state index < -0.39 is 23.4 Å². The van der Waals surface area contributed by atoms with E-state index in [0.29, 0.717) is 12.0 Å². The number of hydrogen-bond acceptors (Lipinski definition) is 2. The molecule has 1 aromatic rings. The minimum atomic E-state index is -0.778. The predicted octanol–water partition coefficient (Wildman–Crippen LogP) is 2.12. The first-order chi connectivity index (χ1) is 6.56. The van der Waals surface area contributed by atoms with Gasteiger partial charge in [-0.05, 0) is 24.1 Å². The summed E-state index contributed by atoms with van der Waals surface area (Å²) in [5.41, 5.74) is 10.7. The molecule has 0 saturated carbocycles. The van der Waals surface area contributed by atoms with Crippen molar-refractivity contribution < 1.29 is 8.78 Å². The van der Waals surface area contributed by atoms with Gasteiger partial charge >= 0.3 is 0 Å². The van der Waals surface area contributed by atoms with Crippen molar-refractivity contribution in [1.82, 2.24) is 0 Å². The van der Waals surface area contributed by atoms with Gasteiger partial charge in [-0.2, -0.15) is 0 Å². The van der Waals surface area contributed by atoms with Gasteiger partial charge < -0.3 is 11.5 Å². The lowest BCUT2D eigenvalue weighted by molar-refractivity contribution is 0.581. The van der Waals surface area contributed by atoms with E-state index >= 15 is 0 Å². The van der Waals surface area contributed by atoms with Crippen LogP contribution in [0.4, 0.5) is 14.5 Å². The molecule has 76 valence electrons. The highest BCUT2D eigenvalue weighted by molar-refractivity contribution is 5.43. The van der Waals surface area contributed by atoms with Gasteiger partial charge in [0, 0.05) is 6.04 Å². The molecule has 0 radical (unpaired) electrons. The molecule has 0 aliphatic rings. The van der Waals surface area contributed by atoms with E-state index in [-0.39, 0.29) is 0 Å². The highest BCUT2D eigenvalue weighted by Gasteiger charge is 2.11. The molecule has 14 heavy (non-hydrogen) atoms. The molecule has 1 rings (SSSR count). The maximum Gasteiger partial charge on any atom is 0.149 e. The lowest BCUT2D eigenvalue weighted by atomic mass is 10.0. The SMILES string of the molecule is C=CC[C@H](N)c1cc(F)c(N)c(F)c1. The smallest absolute Gasteiger partial charge is 0.149 e. The van der Waals surface area contributed by atoms with Gasteiger partial charge in [0.2, 0.25) is 0 Å². The van der Waals surface area contributed by atoms with Gasteiger partial charge in [0.25, 0.3) is 0 Å². The molecule has 0 aliphatic carbocycles. The average Bonchev–Trinajstić information content (AvgIpc) is 2.13. The van der Waals surface area contributed by atoms with Crippen LogP contribution in [-0.4, -0.2) is 0 Å². The van der Waals surface area contributed by atoms with Gasteiger partial charge in [0.1, 0.15) is 17.3 Å². The Balaban J connectivity index is 3.05. The van der Waals surface area contributed by atoms with Crippen LogP contribution in [0.5, 0.6) is 0 Å². The molecule has 0 fully saturated rings. The molecule has 0 bridgehead atoms. The third-order valence-corrected chi connectivity index (χ3v) is 1.95. The Kier molecular flexibility index (Phi) is 3.19. The zero-order chi connectivity index (χ0) is 10.7. The van der Waals surface area contributed by atoms with Crippen molar-refractivity contribution in [2.24, 2.45) is 5.73 Å². The fourth-order valence-electron chi connectivity index (χ4n) is 1.13. The van der Waals surface area contributed by atoms with Gasteiger partial charge in [0.15, 0.2) is 0 Å². The second-order valence-corrected chi connectivity index (χ2v) is 3.03. The Morgan fingerprint density at radius 2 is 1.86 bits per heavy atom. The molecule has 1 atom stereocenters. The van der Waals surface area contributed by atoms with Crippen LogP contribution < -0.4 is 11.5 Å². The van der Waals surface area contributed by atoms with Crippen molar-refractivity contribution in [3.8, 4) is 0 Å². The van der Waals surface area contributed by atoms with Crippen LogP contribution in [0.1, 0.15) is 18.0 Å². The summed E-state index contributed by atoms with van der Waals surface area (Å²) in [6.45, 7) is 3.50. The number of hydrogen-bond donors (Lipinski definition) is 2. The first-order valence-electron chi connectivity index (χ1n) is 4.17. The first-order valence-corrected chi connectivity index (χ1v) is 4.17. The molecule has 2 nitrogen and oxygen atoms in total. The molecular formula is C10H12F2N2. The van der Waals surface area contributed by atoms with E-state index in [1.807, 2.05) is 0 Å². The van der Waals surface area contributed by atoms with E-state index in [1.165, 1.54) is 0 Å². The standard InChI is InChI=1S/C10H12F2N2/c1-2-3-9(13)6-4-7(11)10(14)8(12)5-6/h2,4-5,9H,1,3,13-14H2/t9-/m0/s1. The van der Waals surface area contributed by atoms with Gasteiger partial charge in [-0.1, -0.05) is 6.08 Å². The maximum atomic E-state index is 13.0. The van der Waals surface area contributed by atoms with Gasteiger partial charge in [-0.25, -0.2) is 8.78 Å². The second kappa shape index (κ2) is 4.19. The third-order valence-electron chi connectivity index (χ3n) is 1.95. The lowest BCUT2D eigenvalue weighted by Crippen LogP contribution is -2.10. The van der Waals surface area contributed by atoms with Crippen molar-refractivity contribution in [3.63, 3.8) is 0 Å². The highest BCUT2D eigenvalue weighted by Crippen LogP contribution is 2.22. The number of benzene rings is 1. The maximum absolute atomic E-state index is 13.0. The van der Waals surface area contributed by atoms with E-state index in [9.17, 15) is 8.78 Å². The van der Waals surface area contributed by atoms with E-state index in [4.69, 9.17) is 11.5 Å². The van der Waals surface area contributed by atoms with Gasteiger partial charge in [0.05, 0.1) is 0 Å². The Bertz CT molecular complexity index is 327. The highest BCUT2D eigenvalue weighted by atomic mass is 19.1. The average molecular weight is 198 g/mol. The van der Waals surface area contributed by atoms with Crippen molar-refractivity contribution in [2.45, 2.75) is 12.5 Å². The minimum Gasteiger partial charge on any atom is -0.394 e. The molecule has 0 unspecified atom stereocenters. The topological polar surface area (TPSA) is 52.0 Å². The van der Waals surface area contributed by atoms with Crippen LogP contribution in [0.25, 0.3) is 0 Å². The Morgan fingerprint density at radius 1 is 1.36 bits per heavy atom. The van der Waals surface area contributed by atoms with Crippen molar-refractivity contribution in [3.05, 3.63) is 42.0 Å². The quantitative estimate of drug-likeness (QED) is 0.577. The van der Waals surface area contributed by atoms with Crippen LogP contribution in [0.3, 0.4) is 0 Å². The molecule has 0 aliphatic heterocycles. The zero-order valence-electron chi connectivity index (χ0n) is 7.63. The van der Waals surface area contributed by atoms with Gasteiger partial charge in [-0.3, -0.25) is 0 Å². The molecule has 4 heteroatoms. The minimum absolute atomic E-state index is 0.383. The first kappa shape index (κ1) is 10.7. The number of halogens is 2. The van der Waals surface area contributed by atoms with Crippen LogP contribution in [0.2, 0.25) is 0 Å². The molecule has 0 spiro atoms. The van der Waals surface area contributed by atoms with Crippen LogP contribution in [0, 0.1) is 11.6 Å².